The van der Waals surface area contributed by atoms with Crippen LogP contribution in [-0.2, 0) is 0 Å². The maximum absolute atomic E-state index is 13.9. The van der Waals surface area contributed by atoms with Crippen LogP contribution in [0.5, 0.6) is 0 Å². The van der Waals surface area contributed by atoms with Gasteiger partial charge in [0.1, 0.15) is 0 Å². The number of hydrogen-bond acceptors (Lipinski definition) is 1. The molecular formula is C19H30F2O. The van der Waals surface area contributed by atoms with E-state index in [4.69, 9.17) is 0 Å². The van der Waals surface area contributed by atoms with Gasteiger partial charge in [0.15, 0.2) is 0 Å². The van der Waals surface area contributed by atoms with Gasteiger partial charge in [-0.1, -0.05) is 13.8 Å². The highest BCUT2D eigenvalue weighted by molar-refractivity contribution is 5.09. The first-order valence-electron chi connectivity index (χ1n) is 9.32. The van der Waals surface area contributed by atoms with Crippen molar-refractivity contribution >= 4 is 0 Å². The van der Waals surface area contributed by atoms with Gasteiger partial charge in [-0.3, -0.25) is 0 Å². The second-order valence-electron chi connectivity index (χ2n) is 9.35. The molecule has 4 saturated carbocycles. The molecule has 4 aliphatic rings. The molecule has 1 N–H and O–H groups in total. The van der Waals surface area contributed by atoms with Gasteiger partial charge in [0.05, 0.1) is 6.10 Å². The van der Waals surface area contributed by atoms with Gasteiger partial charge in [-0.15, -0.1) is 0 Å². The van der Waals surface area contributed by atoms with Crippen molar-refractivity contribution < 1.29 is 13.9 Å². The zero-order valence-corrected chi connectivity index (χ0v) is 14.0. The van der Waals surface area contributed by atoms with Crippen LogP contribution in [0, 0.1) is 34.5 Å². The van der Waals surface area contributed by atoms with E-state index in [-0.39, 0.29) is 35.7 Å². The second-order valence-corrected chi connectivity index (χ2v) is 9.35. The number of hydrogen-bond donors (Lipinski definition) is 1. The molecule has 0 heterocycles. The average molecular weight is 312 g/mol. The lowest BCUT2D eigenvalue weighted by Crippen LogP contribution is -2.55. The minimum Gasteiger partial charge on any atom is -0.393 e. The molecule has 0 aromatic rings. The predicted octanol–water partition coefficient (Wildman–Crippen LogP) is 5.03. The SMILES string of the molecule is C[C@]12CCC(F)(F)C[C@@H]1CC[C@@H]1[C@@H]2CC[C@]2(C)[C@@H](O)CC[C@@H]12. The number of alkyl halides is 2. The summed E-state index contributed by atoms with van der Waals surface area (Å²) < 4.78 is 27.7. The Labute approximate surface area is 132 Å². The van der Waals surface area contributed by atoms with Crippen LogP contribution < -0.4 is 0 Å². The summed E-state index contributed by atoms with van der Waals surface area (Å²) >= 11 is 0. The smallest absolute Gasteiger partial charge is 0.248 e. The van der Waals surface area contributed by atoms with E-state index in [1.54, 1.807) is 0 Å². The fourth-order valence-corrected chi connectivity index (χ4v) is 7.15. The van der Waals surface area contributed by atoms with E-state index in [1.165, 1.54) is 0 Å². The molecule has 0 amide bonds. The molecule has 1 nitrogen and oxygen atoms in total. The third-order valence-corrected chi connectivity index (χ3v) is 8.59. The van der Waals surface area contributed by atoms with Crippen LogP contribution in [0.1, 0.15) is 71.6 Å². The lowest BCUT2D eigenvalue weighted by molar-refractivity contribution is -0.166. The van der Waals surface area contributed by atoms with Crippen LogP contribution >= 0.6 is 0 Å². The molecule has 0 saturated heterocycles. The minimum atomic E-state index is -2.43. The molecule has 4 rings (SSSR count). The van der Waals surface area contributed by atoms with Crippen LogP contribution in [0.2, 0.25) is 0 Å². The summed E-state index contributed by atoms with van der Waals surface area (Å²) in [6.07, 6.45) is 7.22. The van der Waals surface area contributed by atoms with Crippen molar-refractivity contribution in [2.24, 2.45) is 34.5 Å². The van der Waals surface area contributed by atoms with E-state index < -0.39 is 5.92 Å². The Balaban J connectivity index is 1.62. The zero-order valence-electron chi connectivity index (χ0n) is 14.0. The standard InChI is InChI=1S/C19H30F2O/c1-17-9-10-19(20,21)11-12(17)3-4-13-14-5-6-16(22)18(14,2)8-7-15(13)17/h12-16,22H,3-11H2,1-2H3/t12-,13-,14-,15-,16-,17-,18-/m0/s1. The highest BCUT2D eigenvalue weighted by Gasteiger charge is 2.61. The Hall–Kier alpha value is -0.180. The van der Waals surface area contributed by atoms with Crippen molar-refractivity contribution in [1.82, 2.24) is 0 Å². The lowest BCUT2D eigenvalue weighted by Gasteiger charge is -2.60. The average Bonchev–Trinajstić information content (AvgIpc) is 2.76. The molecule has 3 heteroatoms. The molecule has 4 fully saturated rings. The van der Waals surface area contributed by atoms with Crippen LogP contribution in [0.3, 0.4) is 0 Å². The van der Waals surface area contributed by atoms with Crippen molar-refractivity contribution in [1.29, 1.82) is 0 Å². The second kappa shape index (κ2) is 4.68. The summed E-state index contributed by atoms with van der Waals surface area (Å²) in [4.78, 5) is 0. The Morgan fingerprint density at radius 2 is 1.55 bits per heavy atom. The van der Waals surface area contributed by atoms with E-state index in [9.17, 15) is 13.9 Å². The maximum Gasteiger partial charge on any atom is 0.248 e. The lowest BCUT2D eigenvalue weighted by atomic mass is 9.45. The number of aliphatic hydroxyl groups excluding tert-OH is 1. The first-order valence-corrected chi connectivity index (χ1v) is 9.32. The van der Waals surface area contributed by atoms with E-state index in [1.807, 2.05) is 0 Å². The van der Waals surface area contributed by atoms with Gasteiger partial charge in [0, 0.05) is 12.8 Å². The molecule has 22 heavy (non-hydrogen) atoms. The summed E-state index contributed by atoms with van der Waals surface area (Å²) in [5.41, 5.74) is 0.225. The van der Waals surface area contributed by atoms with E-state index in [2.05, 4.69) is 13.8 Å². The van der Waals surface area contributed by atoms with Crippen LogP contribution in [0.15, 0.2) is 0 Å². The quantitative estimate of drug-likeness (QED) is 0.665. The monoisotopic (exact) mass is 312 g/mol. The Morgan fingerprint density at radius 1 is 0.818 bits per heavy atom. The Bertz CT molecular complexity index is 464. The van der Waals surface area contributed by atoms with Gasteiger partial charge in [0.2, 0.25) is 5.92 Å². The highest BCUT2D eigenvalue weighted by Crippen LogP contribution is 2.67. The van der Waals surface area contributed by atoms with E-state index in [0.29, 0.717) is 24.2 Å². The maximum atomic E-state index is 13.9. The first kappa shape index (κ1) is 15.4. The van der Waals surface area contributed by atoms with E-state index >= 15 is 0 Å². The van der Waals surface area contributed by atoms with Crippen LogP contribution in [0.25, 0.3) is 0 Å². The summed E-state index contributed by atoms with van der Waals surface area (Å²) in [6.45, 7) is 4.60. The van der Waals surface area contributed by atoms with Crippen molar-refractivity contribution in [3.63, 3.8) is 0 Å². The zero-order chi connectivity index (χ0) is 15.8. The largest absolute Gasteiger partial charge is 0.393 e. The number of aliphatic hydroxyl groups is 1. The fourth-order valence-electron chi connectivity index (χ4n) is 7.15. The van der Waals surface area contributed by atoms with Crippen LogP contribution in [0.4, 0.5) is 8.78 Å². The molecule has 0 unspecified atom stereocenters. The summed E-state index contributed by atoms with van der Waals surface area (Å²) in [5.74, 6) is -0.298. The molecule has 0 radical (unpaired) electrons. The van der Waals surface area contributed by atoms with Gasteiger partial charge in [0.25, 0.3) is 0 Å². The molecule has 0 aromatic carbocycles. The van der Waals surface area contributed by atoms with Gasteiger partial charge in [-0.25, -0.2) is 8.78 Å². The highest BCUT2D eigenvalue weighted by atomic mass is 19.3. The van der Waals surface area contributed by atoms with Gasteiger partial charge >= 0.3 is 0 Å². The summed E-state index contributed by atoms with van der Waals surface area (Å²) in [5, 5.41) is 10.4. The molecule has 0 aromatic heterocycles. The van der Waals surface area contributed by atoms with Gasteiger partial charge in [-0.2, -0.15) is 0 Å². The summed E-state index contributed by atoms with van der Waals surface area (Å²) in [7, 11) is 0. The van der Waals surface area contributed by atoms with Gasteiger partial charge in [-0.05, 0) is 79.4 Å². The topological polar surface area (TPSA) is 20.2 Å². The van der Waals surface area contributed by atoms with Crippen LogP contribution in [-0.4, -0.2) is 17.1 Å². The Morgan fingerprint density at radius 3 is 2.32 bits per heavy atom. The number of fused-ring (bicyclic) bond motifs is 5. The van der Waals surface area contributed by atoms with E-state index in [0.717, 1.165) is 38.5 Å². The normalized spacial score (nSPS) is 56.9. The molecule has 0 aliphatic heterocycles. The molecule has 0 spiro atoms. The summed E-state index contributed by atoms with van der Waals surface area (Å²) in [6, 6.07) is 0. The van der Waals surface area contributed by atoms with Crippen molar-refractivity contribution in [3.8, 4) is 0 Å². The molecule has 4 aliphatic carbocycles. The molecule has 0 bridgehead atoms. The van der Waals surface area contributed by atoms with Crippen molar-refractivity contribution in [2.45, 2.75) is 83.7 Å². The predicted molar refractivity (Wildman–Crippen MR) is 82.7 cm³/mol. The number of halogens is 2. The molecular weight excluding hydrogens is 282 g/mol. The minimum absolute atomic E-state index is 0.0911. The molecule has 7 atom stereocenters. The van der Waals surface area contributed by atoms with Gasteiger partial charge < -0.3 is 5.11 Å². The third-order valence-electron chi connectivity index (χ3n) is 8.59. The van der Waals surface area contributed by atoms with Crippen molar-refractivity contribution in [3.05, 3.63) is 0 Å². The van der Waals surface area contributed by atoms with Crippen molar-refractivity contribution in [2.75, 3.05) is 0 Å². The first-order chi connectivity index (χ1) is 10.3. The third kappa shape index (κ3) is 1.96. The number of rotatable bonds is 0. The Kier molecular flexibility index (Phi) is 3.26. The molecule has 126 valence electrons. The fraction of sp³-hybridized carbons (Fsp3) is 1.00.